The van der Waals surface area contributed by atoms with E-state index in [4.69, 9.17) is 5.73 Å². The van der Waals surface area contributed by atoms with Crippen LogP contribution < -0.4 is 10.5 Å². The van der Waals surface area contributed by atoms with Gasteiger partial charge in [-0.15, -0.1) is 0 Å². The normalized spacial score (nSPS) is 11.7. The van der Waals surface area contributed by atoms with Crippen molar-refractivity contribution >= 4 is 15.7 Å². The van der Waals surface area contributed by atoms with Gasteiger partial charge in [0, 0.05) is 19.8 Å². The number of nitrogens with two attached hydrogens (primary N) is 1. The van der Waals surface area contributed by atoms with Crippen LogP contribution in [0.3, 0.4) is 0 Å². The van der Waals surface area contributed by atoms with Gasteiger partial charge < -0.3 is 5.73 Å². The van der Waals surface area contributed by atoms with Gasteiger partial charge in [-0.1, -0.05) is 12.1 Å². The molecular formula is C13H18N4O2S. The Morgan fingerprint density at radius 1 is 1.40 bits per heavy atom. The zero-order valence-corrected chi connectivity index (χ0v) is 12.3. The number of hydrogen-bond donors (Lipinski definition) is 2. The molecule has 2 aromatic rings. The molecule has 1 aromatic heterocycles. The SMILES string of the molecule is Cc1cccc(N)c1S(=O)(=O)NCCc1cnn(C)c1. The van der Waals surface area contributed by atoms with Crippen LogP contribution in [0.4, 0.5) is 5.69 Å². The maximum atomic E-state index is 12.3. The highest BCUT2D eigenvalue weighted by molar-refractivity contribution is 7.89. The Morgan fingerprint density at radius 3 is 2.75 bits per heavy atom. The quantitative estimate of drug-likeness (QED) is 0.799. The van der Waals surface area contributed by atoms with E-state index in [9.17, 15) is 8.42 Å². The molecule has 0 aliphatic rings. The van der Waals surface area contributed by atoms with E-state index in [2.05, 4.69) is 9.82 Å². The van der Waals surface area contributed by atoms with Gasteiger partial charge in [-0.3, -0.25) is 4.68 Å². The minimum atomic E-state index is -3.59. The summed E-state index contributed by atoms with van der Waals surface area (Å²) in [7, 11) is -1.77. The summed E-state index contributed by atoms with van der Waals surface area (Å²) >= 11 is 0. The largest absolute Gasteiger partial charge is 0.398 e. The second kappa shape index (κ2) is 5.64. The van der Waals surface area contributed by atoms with Crippen molar-refractivity contribution in [1.82, 2.24) is 14.5 Å². The van der Waals surface area contributed by atoms with Crippen LogP contribution in [0, 0.1) is 6.92 Å². The van der Waals surface area contributed by atoms with E-state index < -0.39 is 10.0 Å². The van der Waals surface area contributed by atoms with Crippen molar-refractivity contribution in [3.63, 3.8) is 0 Å². The monoisotopic (exact) mass is 294 g/mol. The summed E-state index contributed by atoms with van der Waals surface area (Å²) in [6.07, 6.45) is 4.16. The Balaban J connectivity index is 2.08. The number of nitrogens with one attached hydrogen (secondary N) is 1. The van der Waals surface area contributed by atoms with Crippen LogP contribution >= 0.6 is 0 Å². The molecule has 1 heterocycles. The highest BCUT2D eigenvalue weighted by Crippen LogP contribution is 2.21. The van der Waals surface area contributed by atoms with E-state index in [1.165, 1.54) is 0 Å². The van der Waals surface area contributed by atoms with E-state index >= 15 is 0 Å². The summed E-state index contributed by atoms with van der Waals surface area (Å²) in [6, 6.07) is 5.05. The molecule has 108 valence electrons. The maximum absolute atomic E-state index is 12.3. The first kappa shape index (κ1) is 14.5. The first-order valence-electron chi connectivity index (χ1n) is 6.22. The van der Waals surface area contributed by atoms with Crippen LogP contribution in [0.2, 0.25) is 0 Å². The molecule has 1 aromatic carbocycles. The van der Waals surface area contributed by atoms with E-state index in [0.717, 1.165) is 5.56 Å². The Morgan fingerprint density at radius 2 is 2.15 bits per heavy atom. The van der Waals surface area contributed by atoms with Gasteiger partial charge in [0.25, 0.3) is 0 Å². The lowest BCUT2D eigenvalue weighted by Crippen LogP contribution is -2.27. The second-order valence-corrected chi connectivity index (χ2v) is 6.37. The van der Waals surface area contributed by atoms with Crippen molar-refractivity contribution in [1.29, 1.82) is 0 Å². The highest BCUT2D eigenvalue weighted by atomic mass is 32.2. The zero-order valence-electron chi connectivity index (χ0n) is 11.5. The molecule has 0 bridgehead atoms. The van der Waals surface area contributed by atoms with Crippen LogP contribution in [-0.2, 0) is 23.5 Å². The third-order valence-electron chi connectivity index (χ3n) is 2.98. The number of anilines is 1. The predicted octanol–water partition coefficient (Wildman–Crippen LogP) is 0.832. The molecule has 6 nitrogen and oxygen atoms in total. The molecule has 20 heavy (non-hydrogen) atoms. The van der Waals surface area contributed by atoms with Crippen molar-refractivity contribution in [3.8, 4) is 0 Å². The molecule has 0 saturated heterocycles. The smallest absolute Gasteiger partial charge is 0.242 e. The first-order chi connectivity index (χ1) is 9.40. The van der Waals surface area contributed by atoms with Gasteiger partial charge in [0.05, 0.1) is 11.9 Å². The minimum absolute atomic E-state index is 0.159. The molecule has 0 atom stereocenters. The van der Waals surface area contributed by atoms with Gasteiger partial charge in [-0.25, -0.2) is 13.1 Å². The molecular weight excluding hydrogens is 276 g/mol. The van der Waals surface area contributed by atoms with E-state index in [-0.39, 0.29) is 10.6 Å². The number of rotatable bonds is 5. The molecule has 2 rings (SSSR count). The Kier molecular flexibility index (Phi) is 4.10. The minimum Gasteiger partial charge on any atom is -0.398 e. The number of sulfonamides is 1. The molecule has 0 amide bonds. The van der Waals surface area contributed by atoms with Gasteiger partial charge in [0.2, 0.25) is 10.0 Å². The fraction of sp³-hybridized carbons (Fsp3) is 0.308. The number of aryl methyl sites for hydroxylation is 2. The Bertz CT molecular complexity index is 687. The fourth-order valence-electron chi connectivity index (χ4n) is 2.05. The van der Waals surface area contributed by atoms with Crippen LogP contribution in [-0.4, -0.2) is 24.7 Å². The number of nitrogens with zero attached hydrogens (tertiary/aromatic N) is 2. The van der Waals surface area contributed by atoms with E-state index in [1.54, 1.807) is 36.0 Å². The number of hydrogen-bond acceptors (Lipinski definition) is 4. The van der Waals surface area contributed by atoms with Gasteiger partial charge in [-0.05, 0) is 30.5 Å². The third-order valence-corrected chi connectivity index (χ3v) is 4.65. The summed E-state index contributed by atoms with van der Waals surface area (Å²) in [5.74, 6) is 0. The molecule has 3 N–H and O–H groups in total. The van der Waals surface area contributed by atoms with E-state index in [1.807, 2.05) is 13.2 Å². The number of aromatic nitrogens is 2. The van der Waals surface area contributed by atoms with E-state index in [0.29, 0.717) is 18.5 Å². The lowest BCUT2D eigenvalue weighted by Gasteiger charge is -2.11. The molecule has 0 saturated carbocycles. The zero-order chi connectivity index (χ0) is 14.8. The van der Waals surface area contributed by atoms with Crippen molar-refractivity contribution in [3.05, 3.63) is 41.7 Å². The second-order valence-electron chi connectivity index (χ2n) is 4.66. The molecule has 0 unspecified atom stereocenters. The summed E-state index contributed by atoms with van der Waals surface area (Å²) in [6.45, 7) is 2.04. The van der Waals surface area contributed by atoms with Gasteiger partial charge in [0.1, 0.15) is 4.90 Å². The number of nitrogen functional groups attached to an aromatic ring is 1. The third kappa shape index (κ3) is 3.17. The standard InChI is InChI=1S/C13H18N4O2S/c1-10-4-3-5-12(14)13(10)20(18,19)16-7-6-11-8-15-17(2)9-11/h3-5,8-9,16H,6-7,14H2,1-2H3. The van der Waals surface area contributed by atoms with Crippen LogP contribution in [0.5, 0.6) is 0 Å². The van der Waals surface area contributed by atoms with Crippen LogP contribution in [0.15, 0.2) is 35.5 Å². The Hall–Kier alpha value is -1.86. The average molecular weight is 294 g/mol. The lowest BCUT2D eigenvalue weighted by molar-refractivity contribution is 0.581. The number of benzene rings is 1. The van der Waals surface area contributed by atoms with Crippen molar-refractivity contribution in [2.24, 2.45) is 7.05 Å². The summed E-state index contributed by atoms with van der Waals surface area (Å²) in [5.41, 5.74) is 7.64. The van der Waals surface area contributed by atoms with Crippen molar-refractivity contribution in [2.45, 2.75) is 18.2 Å². The average Bonchev–Trinajstić information content (AvgIpc) is 2.74. The first-order valence-corrected chi connectivity index (χ1v) is 7.71. The van der Waals surface area contributed by atoms with Crippen LogP contribution in [0.25, 0.3) is 0 Å². The molecule has 0 aliphatic heterocycles. The fourth-order valence-corrected chi connectivity index (χ4v) is 3.43. The van der Waals surface area contributed by atoms with Crippen LogP contribution in [0.1, 0.15) is 11.1 Å². The maximum Gasteiger partial charge on any atom is 0.242 e. The molecule has 0 aliphatic carbocycles. The summed E-state index contributed by atoms with van der Waals surface area (Å²) in [5, 5.41) is 4.04. The summed E-state index contributed by atoms with van der Waals surface area (Å²) < 4.78 is 28.8. The predicted molar refractivity (Wildman–Crippen MR) is 77.7 cm³/mol. The lowest BCUT2D eigenvalue weighted by atomic mass is 10.2. The highest BCUT2D eigenvalue weighted by Gasteiger charge is 2.19. The molecule has 0 radical (unpaired) electrons. The Labute approximate surface area is 118 Å². The van der Waals surface area contributed by atoms with Gasteiger partial charge >= 0.3 is 0 Å². The molecule has 7 heteroatoms. The topological polar surface area (TPSA) is 90.0 Å². The van der Waals surface area contributed by atoms with Gasteiger partial charge in [0.15, 0.2) is 0 Å². The molecule has 0 fully saturated rings. The van der Waals surface area contributed by atoms with Gasteiger partial charge in [-0.2, -0.15) is 5.10 Å². The molecule has 0 spiro atoms. The van der Waals surface area contributed by atoms with Crippen molar-refractivity contribution in [2.75, 3.05) is 12.3 Å². The summed E-state index contributed by atoms with van der Waals surface area (Å²) in [4.78, 5) is 0.159. The van der Waals surface area contributed by atoms with Crippen molar-refractivity contribution < 1.29 is 8.42 Å².